The Bertz CT molecular complexity index is 1470. The molecule has 196 valence electrons. The zero-order valence-electron chi connectivity index (χ0n) is 21.2. The van der Waals surface area contributed by atoms with Gasteiger partial charge in [0.25, 0.3) is 5.91 Å². The van der Waals surface area contributed by atoms with Crippen LogP contribution in [0.15, 0.2) is 119 Å². The van der Waals surface area contributed by atoms with E-state index in [4.69, 9.17) is 0 Å². The highest BCUT2D eigenvalue weighted by Crippen LogP contribution is 2.51. The van der Waals surface area contributed by atoms with Crippen LogP contribution in [0.3, 0.4) is 0 Å². The van der Waals surface area contributed by atoms with Crippen molar-refractivity contribution >= 4 is 40.8 Å². The molecule has 39 heavy (non-hydrogen) atoms. The van der Waals surface area contributed by atoms with Gasteiger partial charge in [0.05, 0.1) is 0 Å². The van der Waals surface area contributed by atoms with Gasteiger partial charge in [-0.1, -0.05) is 96.3 Å². The Hall–Kier alpha value is -3.85. The second-order valence-electron chi connectivity index (χ2n) is 9.57. The number of thioether (sulfide) groups is 2. The second-order valence-corrected chi connectivity index (χ2v) is 11.8. The number of hydrogen-bond donors (Lipinski definition) is 5. The summed E-state index contributed by atoms with van der Waals surface area (Å²) >= 11 is 3.53. The molecule has 6 nitrogen and oxygen atoms in total. The number of nitrogens with one attached hydrogen (secondary N) is 4. The Morgan fingerprint density at radius 2 is 1.21 bits per heavy atom. The highest BCUT2D eigenvalue weighted by molar-refractivity contribution is 8.08. The van der Waals surface area contributed by atoms with Crippen molar-refractivity contribution < 1.29 is 9.90 Å². The van der Waals surface area contributed by atoms with E-state index >= 15 is 0 Å². The monoisotopic (exact) mass is 552 g/mol. The van der Waals surface area contributed by atoms with Crippen LogP contribution in [0.1, 0.15) is 44.7 Å². The number of rotatable bonds is 7. The van der Waals surface area contributed by atoms with Gasteiger partial charge in [-0.25, -0.2) is 0 Å². The number of carbonyl (C=O) groups is 1. The molecule has 0 saturated heterocycles. The molecule has 0 bridgehead atoms. The molecule has 5 N–H and O–H groups in total. The molecule has 2 aliphatic rings. The molecule has 6 rings (SSSR count). The molecule has 8 heteroatoms. The van der Waals surface area contributed by atoms with Crippen LogP contribution in [0.5, 0.6) is 0 Å². The Balaban J connectivity index is 1.03. The molecule has 2 aliphatic heterocycles. The first-order valence-corrected chi connectivity index (χ1v) is 14.4. The average molecular weight is 553 g/mol. The van der Waals surface area contributed by atoms with Crippen LogP contribution >= 0.6 is 23.5 Å². The fourth-order valence-corrected chi connectivity index (χ4v) is 7.09. The number of benzene rings is 4. The lowest BCUT2D eigenvalue weighted by molar-refractivity contribution is 0.0888. The largest absolute Gasteiger partial charge is 0.367 e. The lowest BCUT2D eigenvalue weighted by atomic mass is 10.0. The molecule has 4 aromatic rings. The highest BCUT2D eigenvalue weighted by Gasteiger charge is 2.34. The molecule has 2 heterocycles. The van der Waals surface area contributed by atoms with Crippen molar-refractivity contribution in [2.75, 3.05) is 10.6 Å². The third-order valence-electron chi connectivity index (χ3n) is 6.65. The van der Waals surface area contributed by atoms with Gasteiger partial charge in [-0.2, -0.15) is 0 Å². The first-order chi connectivity index (χ1) is 18.9. The Morgan fingerprint density at radius 3 is 1.74 bits per heavy atom. The minimum absolute atomic E-state index is 0.113. The summed E-state index contributed by atoms with van der Waals surface area (Å²) in [6.45, 7) is 1.76. The van der Waals surface area contributed by atoms with Gasteiger partial charge in [-0.3, -0.25) is 4.79 Å². The molecule has 3 unspecified atom stereocenters. The Labute approximate surface area is 236 Å². The first kappa shape index (κ1) is 25.4. The van der Waals surface area contributed by atoms with Crippen LogP contribution in [-0.4, -0.2) is 11.0 Å². The van der Waals surface area contributed by atoms with Gasteiger partial charge in [0.1, 0.15) is 20.8 Å². The summed E-state index contributed by atoms with van der Waals surface area (Å²) in [4.78, 5) is 12.4. The molecular formula is C31H28N4O2S2. The topological polar surface area (TPSA) is 85.4 Å². The van der Waals surface area contributed by atoms with Crippen molar-refractivity contribution in [1.82, 2.24) is 10.6 Å². The SMILES string of the molecule is CC(O)(Nc1ccc(C2NC3=C(NC(c4ccc(NC(=O)c5ccccc5)cc4)S3)S2)cc1)c1ccccc1. The van der Waals surface area contributed by atoms with E-state index in [9.17, 15) is 9.90 Å². The summed E-state index contributed by atoms with van der Waals surface area (Å²) in [5.74, 6) is -0.116. The molecule has 0 spiro atoms. The van der Waals surface area contributed by atoms with Crippen LogP contribution in [0.2, 0.25) is 0 Å². The van der Waals surface area contributed by atoms with Crippen molar-refractivity contribution in [1.29, 1.82) is 0 Å². The lowest BCUT2D eigenvalue weighted by Gasteiger charge is -2.27. The minimum Gasteiger partial charge on any atom is -0.367 e. The number of amides is 1. The van der Waals surface area contributed by atoms with Crippen molar-refractivity contribution in [3.8, 4) is 0 Å². The van der Waals surface area contributed by atoms with Crippen LogP contribution in [0.4, 0.5) is 11.4 Å². The molecule has 0 radical (unpaired) electrons. The van der Waals surface area contributed by atoms with Gasteiger partial charge >= 0.3 is 0 Å². The summed E-state index contributed by atoms with van der Waals surface area (Å²) in [6.07, 6.45) is 0. The second kappa shape index (κ2) is 10.7. The van der Waals surface area contributed by atoms with E-state index in [2.05, 4.69) is 33.4 Å². The van der Waals surface area contributed by atoms with E-state index in [1.807, 2.05) is 84.9 Å². The first-order valence-electron chi connectivity index (χ1n) is 12.7. The number of aliphatic hydroxyl groups is 1. The molecule has 0 aliphatic carbocycles. The average Bonchev–Trinajstić information content (AvgIpc) is 3.55. The molecule has 0 fully saturated rings. The van der Waals surface area contributed by atoms with Gasteiger partial charge in [0.2, 0.25) is 0 Å². The zero-order valence-corrected chi connectivity index (χ0v) is 22.9. The van der Waals surface area contributed by atoms with Crippen LogP contribution in [0, 0.1) is 0 Å². The van der Waals surface area contributed by atoms with E-state index in [0.717, 1.165) is 38.1 Å². The van der Waals surface area contributed by atoms with Crippen molar-refractivity contribution in [3.63, 3.8) is 0 Å². The summed E-state index contributed by atoms with van der Waals surface area (Å²) in [6, 6.07) is 34.9. The fourth-order valence-electron chi connectivity index (χ4n) is 4.53. The zero-order chi connectivity index (χ0) is 26.8. The maximum atomic E-state index is 12.4. The molecule has 4 aromatic carbocycles. The molecule has 1 amide bonds. The third-order valence-corrected chi connectivity index (χ3v) is 9.14. The van der Waals surface area contributed by atoms with Crippen molar-refractivity contribution in [2.45, 2.75) is 23.4 Å². The van der Waals surface area contributed by atoms with Crippen molar-refractivity contribution in [3.05, 3.63) is 142 Å². The summed E-state index contributed by atoms with van der Waals surface area (Å²) < 4.78 is 0. The highest BCUT2D eigenvalue weighted by atomic mass is 32.2. The molecule has 0 aromatic heterocycles. The van der Waals surface area contributed by atoms with E-state index in [-0.39, 0.29) is 16.7 Å². The Kier molecular flexibility index (Phi) is 6.99. The number of carbonyl (C=O) groups excluding carboxylic acids is 1. The minimum atomic E-state index is -1.16. The van der Waals surface area contributed by atoms with Crippen LogP contribution in [0.25, 0.3) is 0 Å². The van der Waals surface area contributed by atoms with Gasteiger partial charge in [-0.05, 0) is 54.4 Å². The van der Waals surface area contributed by atoms with E-state index in [1.165, 1.54) is 0 Å². The predicted molar refractivity (Wildman–Crippen MR) is 161 cm³/mol. The Morgan fingerprint density at radius 1 is 0.718 bits per heavy atom. The predicted octanol–water partition coefficient (Wildman–Crippen LogP) is 6.71. The van der Waals surface area contributed by atoms with Crippen LogP contribution in [-0.2, 0) is 5.72 Å². The standard InChI is InChI=1S/C31H28N4O2S2/c1-31(37,23-10-6-3-7-11-23)35-25-18-14-22(15-19-25)28-34-30-29(39-28)33-27(38-30)21-12-16-24(17-13-21)32-26(36)20-8-4-2-5-9-20/h2-19,27-28,33-35,37H,1H3,(H,32,36). The van der Waals surface area contributed by atoms with E-state index in [0.29, 0.717) is 5.56 Å². The number of anilines is 2. The third kappa shape index (κ3) is 5.63. The molecule has 0 saturated carbocycles. The van der Waals surface area contributed by atoms with Gasteiger partial charge in [-0.15, -0.1) is 0 Å². The normalized spacial score (nSPS) is 19.4. The smallest absolute Gasteiger partial charge is 0.255 e. The quantitative estimate of drug-likeness (QED) is 0.163. The van der Waals surface area contributed by atoms with E-state index < -0.39 is 5.72 Å². The summed E-state index contributed by atoms with van der Waals surface area (Å²) in [7, 11) is 0. The van der Waals surface area contributed by atoms with Gasteiger partial charge in [0, 0.05) is 22.5 Å². The van der Waals surface area contributed by atoms with Crippen LogP contribution < -0.4 is 21.3 Å². The summed E-state index contributed by atoms with van der Waals surface area (Å²) in [5.41, 5.74) is 4.22. The maximum absolute atomic E-state index is 12.4. The van der Waals surface area contributed by atoms with Gasteiger partial charge in [0.15, 0.2) is 5.72 Å². The maximum Gasteiger partial charge on any atom is 0.255 e. The van der Waals surface area contributed by atoms with E-state index in [1.54, 1.807) is 42.6 Å². The fraction of sp³-hybridized carbons (Fsp3) is 0.129. The molecule has 3 atom stereocenters. The summed E-state index contributed by atoms with van der Waals surface area (Å²) in [5, 5.41) is 26.8. The van der Waals surface area contributed by atoms with Crippen molar-refractivity contribution in [2.24, 2.45) is 0 Å². The molecular weight excluding hydrogens is 525 g/mol. The lowest BCUT2D eigenvalue weighted by Crippen LogP contribution is -2.31. The number of hydrogen-bond acceptors (Lipinski definition) is 7. The van der Waals surface area contributed by atoms with Gasteiger partial charge < -0.3 is 26.4 Å².